The number of amides is 2. The summed E-state index contributed by atoms with van der Waals surface area (Å²) in [5, 5.41) is 3.20. The summed E-state index contributed by atoms with van der Waals surface area (Å²) in [6.45, 7) is 5.84. The Balaban J connectivity index is 1.83. The average Bonchev–Trinajstić information content (AvgIpc) is 3.01. The summed E-state index contributed by atoms with van der Waals surface area (Å²) in [6.07, 6.45) is 0. The van der Waals surface area contributed by atoms with Crippen LogP contribution >= 0.6 is 0 Å². The van der Waals surface area contributed by atoms with E-state index < -0.39 is 0 Å². The van der Waals surface area contributed by atoms with Crippen molar-refractivity contribution in [3.63, 3.8) is 0 Å². The lowest BCUT2D eigenvalue weighted by Crippen LogP contribution is -2.33. The molecular formula is C26H24N2O3. The molecule has 0 radical (unpaired) electrons. The van der Waals surface area contributed by atoms with E-state index in [0.29, 0.717) is 22.6 Å². The number of methoxy groups -OCH3 is 1. The average molecular weight is 412 g/mol. The molecule has 0 unspecified atom stereocenters. The highest BCUT2D eigenvalue weighted by molar-refractivity contribution is 6.46. The van der Waals surface area contributed by atoms with Crippen LogP contribution in [0.15, 0.2) is 72.4 Å². The quantitative estimate of drug-likeness (QED) is 0.598. The van der Waals surface area contributed by atoms with Gasteiger partial charge in [-0.1, -0.05) is 42.0 Å². The van der Waals surface area contributed by atoms with Crippen LogP contribution in [0.1, 0.15) is 22.3 Å². The maximum atomic E-state index is 13.6. The van der Waals surface area contributed by atoms with E-state index in [4.69, 9.17) is 4.74 Å². The lowest BCUT2D eigenvalue weighted by molar-refractivity contribution is -0.120. The standard InChI is InChI=1S/C26H24N2O3/c1-16-6-11-20(12-7-16)27-24-23(19-9-13-21(31-4)14-10-19)25(29)28(26(24)30)22-15-17(2)5-8-18(22)3/h5-15,27H,1-4H3. The van der Waals surface area contributed by atoms with Crippen LogP contribution in [0.2, 0.25) is 0 Å². The molecule has 0 saturated carbocycles. The van der Waals surface area contributed by atoms with E-state index in [0.717, 1.165) is 22.4 Å². The van der Waals surface area contributed by atoms with Gasteiger partial charge in [-0.2, -0.15) is 0 Å². The second-order valence-corrected chi connectivity index (χ2v) is 7.71. The first kappa shape index (κ1) is 20.4. The molecule has 156 valence electrons. The molecule has 0 saturated heterocycles. The van der Waals surface area contributed by atoms with Gasteiger partial charge in [0.15, 0.2) is 0 Å². The van der Waals surface area contributed by atoms with Crippen molar-refractivity contribution in [3.05, 3.63) is 94.7 Å². The van der Waals surface area contributed by atoms with Crippen LogP contribution in [0.5, 0.6) is 5.75 Å². The smallest absolute Gasteiger partial charge is 0.282 e. The summed E-state index contributed by atoms with van der Waals surface area (Å²) in [5.74, 6) is -0.0378. The molecule has 31 heavy (non-hydrogen) atoms. The molecule has 5 heteroatoms. The number of benzene rings is 3. The van der Waals surface area contributed by atoms with Crippen LogP contribution in [0.3, 0.4) is 0 Å². The van der Waals surface area contributed by atoms with Crippen LogP contribution in [0, 0.1) is 20.8 Å². The minimum Gasteiger partial charge on any atom is -0.497 e. The largest absolute Gasteiger partial charge is 0.497 e. The van der Waals surface area contributed by atoms with Gasteiger partial charge < -0.3 is 10.1 Å². The molecule has 2 amide bonds. The number of anilines is 2. The van der Waals surface area contributed by atoms with Gasteiger partial charge in [0.05, 0.1) is 18.4 Å². The highest BCUT2D eigenvalue weighted by Crippen LogP contribution is 2.36. The van der Waals surface area contributed by atoms with E-state index in [-0.39, 0.29) is 17.5 Å². The molecule has 4 rings (SSSR count). The minimum absolute atomic E-state index is 0.264. The number of hydrogen-bond acceptors (Lipinski definition) is 4. The van der Waals surface area contributed by atoms with Gasteiger partial charge in [0.25, 0.3) is 11.8 Å². The molecule has 1 aliphatic heterocycles. The van der Waals surface area contributed by atoms with Gasteiger partial charge >= 0.3 is 0 Å². The van der Waals surface area contributed by atoms with Crippen molar-refractivity contribution in [2.24, 2.45) is 0 Å². The molecule has 3 aromatic carbocycles. The van der Waals surface area contributed by atoms with Crippen molar-refractivity contribution >= 4 is 28.8 Å². The van der Waals surface area contributed by atoms with E-state index >= 15 is 0 Å². The predicted molar refractivity (Wildman–Crippen MR) is 123 cm³/mol. The zero-order valence-electron chi connectivity index (χ0n) is 18.0. The molecule has 0 aromatic heterocycles. The number of imide groups is 1. The molecule has 5 nitrogen and oxygen atoms in total. The van der Waals surface area contributed by atoms with E-state index in [9.17, 15) is 9.59 Å². The lowest BCUT2D eigenvalue weighted by Gasteiger charge is -2.18. The highest BCUT2D eigenvalue weighted by atomic mass is 16.5. The zero-order chi connectivity index (χ0) is 22.1. The Bertz CT molecular complexity index is 1190. The van der Waals surface area contributed by atoms with E-state index in [1.807, 2.05) is 63.2 Å². The summed E-state index contributed by atoms with van der Waals surface area (Å²) < 4.78 is 5.24. The van der Waals surface area contributed by atoms with E-state index in [1.54, 1.807) is 31.4 Å². The number of hydrogen-bond donors (Lipinski definition) is 1. The van der Waals surface area contributed by atoms with Crippen LogP contribution < -0.4 is 15.0 Å². The normalized spacial score (nSPS) is 13.7. The summed E-state index contributed by atoms with van der Waals surface area (Å²) in [6, 6.07) is 20.6. The molecule has 0 aliphatic carbocycles. The first-order chi connectivity index (χ1) is 14.9. The topological polar surface area (TPSA) is 58.6 Å². The van der Waals surface area contributed by atoms with Gasteiger partial charge in [-0.3, -0.25) is 9.59 Å². The maximum absolute atomic E-state index is 13.6. The fourth-order valence-corrected chi connectivity index (χ4v) is 3.63. The summed E-state index contributed by atoms with van der Waals surface area (Å²) in [5.41, 5.74) is 5.55. The summed E-state index contributed by atoms with van der Waals surface area (Å²) in [4.78, 5) is 28.3. The van der Waals surface area contributed by atoms with Crippen molar-refractivity contribution in [1.82, 2.24) is 0 Å². The Morgan fingerprint density at radius 1 is 0.774 bits per heavy atom. The molecule has 0 spiro atoms. The van der Waals surface area contributed by atoms with Gasteiger partial charge in [-0.05, 0) is 67.8 Å². The Morgan fingerprint density at radius 3 is 2.06 bits per heavy atom. The lowest BCUT2D eigenvalue weighted by atomic mass is 10.0. The van der Waals surface area contributed by atoms with Crippen molar-refractivity contribution in [3.8, 4) is 5.75 Å². The SMILES string of the molecule is COc1ccc(C2=C(Nc3ccc(C)cc3)C(=O)N(c3cc(C)ccc3C)C2=O)cc1. The molecule has 1 aliphatic rings. The van der Waals surface area contributed by atoms with Crippen molar-refractivity contribution in [2.75, 3.05) is 17.3 Å². The number of nitrogens with one attached hydrogen (secondary N) is 1. The Kier molecular flexibility index (Phi) is 5.34. The fraction of sp³-hybridized carbons (Fsp3) is 0.154. The third kappa shape index (κ3) is 3.82. The van der Waals surface area contributed by atoms with Crippen LogP contribution in [-0.4, -0.2) is 18.9 Å². The number of nitrogens with zero attached hydrogens (tertiary/aromatic N) is 1. The van der Waals surface area contributed by atoms with Gasteiger partial charge in [0, 0.05) is 5.69 Å². The van der Waals surface area contributed by atoms with Crippen LogP contribution in [-0.2, 0) is 9.59 Å². The molecule has 0 bridgehead atoms. The Labute approximate surface area is 182 Å². The van der Waals surface area contributed by atoms with E-state index in [1.165, 1.54) is 4.90 Å². The van der Waals surface area contributed by atoms with Crippen molar-refractivity contribution < 1.29 is 14.3 Å². The van der Waals surface area contributed by atoms with Crippen LogP contribution in [0.4, 0.5) is 11.4 Å². The number of carbonyl (C=O) groups is 2. The summed E-state index contributed by atoms with van der Waals surface area (Å²) in [7, 11) is 1.59. The van der Waals surface area contributed by atoms with Gasteiger partial charge in [-0.25, -0.2) is 4.90 Å². The third-order valence-electron chi connectivity index (χ3n) is 5.39. The second kappa shape index (κ2) is 8.11. The molecule has 0 atom stereocenters. The van der Waals surface area contributed by atoms with E-state index in [2.05, 4.69) is 5.32 Å². The zero-order valence-corrected chi connectivity index (χ0v) is 18.0. The summed E-state index contributed by atoms with van der Waals surface area (Å²) >= 11 is 0. The third-order valence-corrected chi connectivity index (χ3v) is 5.39. The molecule has 1 heterocycles. The van der Waals surface area contributed by atoms with Crippen LogP contribution in [0.25, 0.3) is 5.57 Å². The van der Waals surface area contributed by atoms with Gasteiger partial charge in [0.2, 0.25) is 0 Å². The second-order valence-electron chi connectivity index (χ2n) is 7.71. The minimum atomic E-state index is -0.370. The molecular weight excluding hydrogens is 388 g/mol. The van der Waals surface area contributed by atoms with Gasteiger partial charge in [0.1, 0.15) is 11.4 Å². The molecule has 3 aromatic rings. The number of rotatable bonds is 5. The maximum Gasteiger partial charge on any atom is 0.282 e. The highest BCUT2D eigenvalue weighted by Gasteiger charge is 2.40. The molecule has 0 fully saturated rings. The van der Waals surface area contributed by atoms with Gasteiger partial charge in [-0.15, -0.1) is 0 Å². The fourth-order valence-electron chi connectivity index (χ4n) is 3.63. The van der Waals surface area contributed by atoms with Crippen molar-refractivity contribution in [1.29, 1.82) is 0 Å². The Morgan fingerprint density at radius 2 is 1.42 bits per heavy atom. The predicted octanol–water partition coefficient (Wildman–Crippen LogP) is 5.02. The number of carbonyl (C=O) groups excluding carboxylic acids is 2. The monoisotopic (exact) mass is 412 g/mol. The first-order valence-electron chi connectivity index (χ1n) is 10.1. The first-order valence-corrected chi connectivity index (χ1v) is 10.1. The number of aryl methyl sites for hydroxylation is 3. The Hall–Kier alpha value is -3.86. The number of ether oxygens (including phenoxy) is 1. The molecule has 1 N–H and O–H groups in total. The van der Waals surface area contributed by atoms with Crippen molar-refractivity contribution in [2.45, 2.75) is 20.8 Å².